The van der Waals surface area contributed by atoms with Crippen LogP contribution in [0.5, 0.6) is 0 Å². The van der Waals surface area contributed by atoms with E-state index in [4.69, 9.17) is 4.74 Å². The van der Waals surface area contributed by atoms with Gasteiger partial charge in [-0.2, -0.15) is 0 Å². The van der Waals surface area contributed by atoms with Gasteiger partial charge in [-0.3, -0.25) is 0 Å². The van der Waals surface area contributed by atoms with Crippen molar-refractivity contribution in [1.29, 1.82) is 0 Å². The van der Waals surface area contributed by atoms with Crippen molar-refractivity contribution in [3.05, 3.63) is 11.8 Å². The molecule has 0 aromatic rings. The number of hydrogen-bond acceptors (Lipinski definition) is 2. The van der Waals surface area contributed by atoms with Gasteiger partial charge in [-0.1, -0.05) is 5.57 Å². The van der Waals surface area contributed by atoms with E-state index in [9.17, 15) is 0 Å². The molecule has 0 aromatic heterocycles. The smallest absolute Gasteiger partial charge is 0.0635 e. The summed E-state index contributed by atoms with van der Waals surface area (Å²) in [5, 5.41) is 3.20. The Labute approximate surface area is 62.3 Å². The van der Waals surface area contributed by atoms with Crippen molar-refractivity contribution in [2.45, 2.75) is 19.3 Å². The Bertz CT molecular complexity index is 114. The molecule has 1 N–H and O–H groups in total. The Morgan fingerprint density at radius 1 is 1.60 bits per heavy atom. The van der Waals surface area contributed by atoms with Crippen molar-refractivity contribution in [3.63, 3.8) is 0 Å². The molecule has 58 valence electrons. The van der Waals surface area contributed by atoms with Gasteiger partial charge in [0.1, 0.15) is 0 Å². The molecule has 0 radical (unpaired) electrons. The van der Waals surface area contributed by atoms with E-state index >= 15 is 0 Å². The summed E-state index contributed by atoms with van der Waals surface area (Å²) in [5.74, 6) is 0. The van der Waals surface area contributed by atoms with Crippen LogP contribution >= 0.6 is 0 Å². The average molecular weight is 141 g/mol. The minimum Gasteiger partial charge on any atom is -0.389 e. The lowest BCUT2D eigenvalue weighted by Crippen LogP contribution is -2.14. The van der Waals surface area contributed by atoms with Gasteiger partial charge in [0.2, 0.25) is 0 Å². The molecule has 0 atom stereocenters. The largest absolute Gasteiger partial charge is 0.389 e. The quantitative estimate of drug-likeness (QED) is 0.596. The number of allylic oxidation sites excluding steroid dienone is 1. The second-order valence-electron chi connectivity index (χ2n) is 2.60. The van der Waals surface area contributed by atoms with E-state index in [1.54, 1.807) is 12.7 Å². The van der Waals surface area contributed by atoms with Crippen LogP contribution in [-0.2, 0) is 4.74 Å². The lowest BCUT2D eigenvalue weighted by atomic mass is 9.94. The molecule has 2 nitrogen and oxygen atoms in total. The average Bonchev–Trinajstić information content (AvgIpc) is 1.84. The summed E-state index contributed by atoms with van der Waals surface area (Å²) in [4.78, 5) is 0. The first-order valence-electron chi connectivity index (χ1n) is 3.83. The minimum atomic E-state index is 0.795. The molecule has 0 unspecified atom stereocenters. The molecule has 1 aliphatic rings. The standard InChI is InChI=1S/C8H15NO/c1-10-6-5-9-7-8-3-2-4-8/h7,9H,2-6H2,1H3. The van der Waals surface area contributed by atoms with E-state index in [-0.39, 0.29) is 0 Å². The molecule has 0 saturated heterocycles. The van der Waals surface area contributed by atoms with Crippen LogP contribution in [0.3, 0.4) is 0 Å². The first kappa shape index (κ1) is 7.61. The molecule has 1 saturated carbocycles. The Morgan fingerprint density at radius 3 is 2.90 bits per heavy atom. The van der Waals surface area contributed by atoms with Crippen molar-refractivity contribution >= 4 is 0 Å². The fourth-order valence-corrected chi connectivity index (χ4v) is 0.903. The van der Waals surface area contributed by atoms with Crippen LogP contribution in [0.25, 0.3) is 0 Å². The van der Waals surface area contributed by atoms with Gasteiger partial charge in [-0.25, -0.2) is 0 Å². The molecule has 0 aromatic carbocycles. The molecular formula is C8H15NO. The molecule has 1 fully saturated rings. The van der Waals surface area contributed by atoms with E-state index in [0.29, 0.717) is 0 Å². The van der Waals surface area contributed by atoms with Crippen molar-refractivity contribution in [3.8, 4) is 0 Å². The fraction of sp³-hybridized carbons (Fsp3) is 0.750. The third-order valence-corrected chi connectivity index (χ3v) is 1.75. The molecule has 2 heteroatoms. The molecular weight excluding hydrogens is 126 g/mol. The van der Waals surface area contributed by atoms with Crippen LogP contribution in [-0.4, -0.2) is 20.3 Å². The van der Waals surface area contributed by atoms with Gasteiger partial charge in [0.25, 0.3) is 0 Å². The number of methoxy groups -OCH3 is 1. The summed E-state index contributed by atoms with van der Waals surface area (Å²) in [5.41, 5.74) is 1.55. The highest BCUT2D eigenvalue weighted by molar-refractivity contribution is 5.07. The molecule has 10 heavy (non-hydrogen) atoms. The maximum absolute atomic E-state index is 4.88. The van der Waals surface area contributed by atoms with Crippen molar-refractivity contribution in [2.75, 3.05) is 20.3 Å². The van der Waals surface area contributed by atoms with Crippen LogP contribution < -0.4 is 5.32 Å². The van der Waals surface area contributed by atoms with E-state index in [0.717, 1.165) is 13.2 Å². The van der Waals surface area contributed by atoms with Crippen molar-refractivity contribution in [1.82, 2.24) is 5.32 Å². The Hall–Kier alpha value is -0.500. The number of hydrogen-bond donors (Lipinski definition) is 1. The topological polar surface area (TPSA) is 21.3 Å². The predicted octanol–water partition coefficient (Wildman–Crippen LogP) is 1.29. The monoisotopic (exact) mass is 141 g/mol. The third kappa shape index (κ3) is 2.40. The van der Waals surface area contributed by atoms with Gasteiger partial charge in [0.15, 0.2) is 0 Å². The maximum atomic E-state index is 4.88. The Kier molecular flexibility index (Phi) is 3.30. The summed E-state index contributed by atoms with van der Waals surface area (Å²) < 4.78 is 4.88. The molecule has 0 aliphatic heterocycles. The van der Waals surface area contributed by atoms with E-state index in [1.165, 1.54) is 19.3 Å². The highest BCUT2D eigenvalue weighted by Gasteiger charge is 2.06. The number of nitrogens with one attached hydrogen (secondary N) is 1. The Balaban J connectivity index is 1.93. The van der Waals surface area contributed by atoms with Crippen LogP contribution in [0.4, 0.5) is 0 Å². The van der Waals surface area contributed by atoms with Crippen LogP contribution in [0.1, 0.15) is 19.3 Å². The Morgan fingerprint density at radius 2 is 2.40 bits per heavy atom. The summed E-state index contributed by atoms with van der Waals surface area (Å²) in [7, 11) is 1.72. The molecule has 0 heterocycles. The van der Waals surface area contributed by atoms with Gasteiger partial charge in [0, 0.05) is 13.7 Å². The highest BCUT2D eigenvalue weighted by Crippen LogP contribution is 2.23. The highest BCUT2D eigenvalue weighted by atomic mass is 16.5. The third-order valence-electron chi connectivity index (χ3n) is 1.75. The maximum Gasteiger partial charge on any atom is 0.0635 e. The molecule has 0 spiro atoms. The summed E-state index contributed by atoms with van der Waals surface area (Å²) >= 11 is 0. The van der Waals surface area contributed by atoms with Gasteiger partial charge < -0.3 is 10.1 Å². The zero-order valence-electron chi connectivity index (χ0n) is 6.52. The molecule has 1 aliphatic carbocycles. The van der Waals surface area contributed by atoms with Crippen LogP contribution in [0, 0.1) is 0 Å². The normalized spacial score (nSPS) is 16.3. The molecule has 0 bridgehead atoms. The van der Waals surface area contributed by atoms with Crippen molar-refractivity contribution < 1.29 is 4.74 Å². The van der Waals surface area contributed by atoms with E-state index in [2.05, 4.69) is 11.5 Å². The second-order valence-corrected chi connectivity index (χ2v) is 2.60. The number of rotatable bonds is 4. The second kappa shape index (κ2) is 4.34. The van der Waals surface area contributed by atoms with Crippen molar-refractivity contribution in [2.24, 2.45) is 0 Å². The molecule has 1 rings (SSSR count). The van der Waals surface area contributed by atoms with E-state index in [1.807, 2.05) is 0 Å². The van der Waals surface area contributed by atoms with Crippen LogP contribution in [0.15, 0.2) is 11.8 Å². The summed E-state index contributed by atoms with van der Waals surface area (Å²) in [6.45, 7) is 1.73. The zero-order chi connectivity index (χ0) is 7.23. The van der Waals surface area contributed by atoms with Gasteiger partial charge in [-0.15, -0.1) is 0 Å². The minimum absolute atomic E-state index is 0.795. The first-order chi connectivity index (χ1) is 4.93. The summed E-state index contributed by atoms with van der Waals surface area (Å²) in [6.07, 6.45) is 6.08. The summed E-state index contributed by atoms with van der Waals surface area (Å²) in [6, 6.07) is 0. The van der Waals surface area contributed by atoms with Gasteiger partial charge >= 0.3 is 0 Å². The van der Waals surface area contributed by atoms with Gasteiger partial charge in [-0.05, 0) is 25.5 Å². The fourth-order valence-electron chi connectivity index (χ4n) is 0.903. The van der Waals surface area contributed by atoms with Gasteiger partial charge in [0.05, 0.1) is 6.61 Å². The lowest BCUT2D eigenvalue weighted by Gasteiger charge is -2.15. The first-order valence-corrected chi connectivity index (χ1v) is 3.83. The lowest BCUT2D eigenvalue weighted by molar-refractivity contribution is 0.202. The van der Waals surface area contributed by atoms with E-state index < -0.39 is 0 Å². The number of ether oxygens (including phenoxy) is 1. The molecule has 0 amide bonds. The zero-order valence-corrected chi connectivity index (χ0v) is 6.52. The SMILES string of the molecule is COCCNC=C1CCC1. The van der Waals surface area contributed by atoms with Crippen LogP contribution in [0.2, 0.25) is 0 Å². The predicted molar refractivity (Wildman–Crippen MR) is 41.8 cm³/mol.